The van der Waals surface area contributed by atoms with E-state index in [9.17, 15) is 0 Å². The van der Waals surface area contributed by atoms with E-state index in [0.29, 0.717) is 6.54 Å². The van der Waals surface area contributed by atoms with Gasteiger partial charge < -0.3 is 5.73 Å². The second kappa shape index (κ2) is 8.78. The molecule has 0 spiro atoms. The summed E-state index contributed by atoms with van der Waals surface area (Å²) in [6.45, 7) is 0.544. The lowest BCUT2D eigenvalue weighted by Crippen LogP contribution is -1.95. The molecular weight excluding hydrogens is 490 g/mol. The molecule has 7 aromatic carbocycles. The van der Waals surface area contributed by atoms with E-state index in [1.54, 1.807) is 0 Å². The zero-order chi connectivity index (χ0) is 25.9. The first-order valence-electron chi connectivity index (χ1n) is 13.4. The highest BCUT2D eigenvalue weighted by Gasteiger charge is 2.15. The number of fused-ring (bicyclic) bond motifs is 9. The number of thiophene rings is 1. The van der Waals surface area contributed by atoms with Gasteiger partial charge in [-0.2, -0.15) is 0 Å². The molecule has 0 aliphatic rings. The second-order valence-electron chi connectivity index (χ2n) is 10.2. The van der Waals surface area contributed by atoms with Crippen LogP contribution in [-0.2, 0) is 6.54 Å². The molecule has 8 aromatic rings. The van der Waals surface area contributed by atoms with Gasteiger partial charge in [0.1, 0.15) is 0 Å². The Morgan fingerprint density at radius 3 is 1.95 bits per heavy atom. The summed E-state index contributed by atoms with van der Waals surface area (Å²) in [5.74, 6) is 0. The summed E-state index contributed by atoms with van der Waals surface area (Å²) in [6.07, 6.45) is 0. The highest BCUT2D eigenvalue weighted by Crippen LogP contribution is 2.43. The number of nitrogens with two attached hydrogens (primary N) is 1. The predicted molar refractivity (Wildman–Crippen MR) is 171 cm³/mol. The van der Waals surface area contributed by atoms with Gasteiger partial charge >= 0.3 is 0 Å². The molecule has 2 heteroatoms. The molecule has 8 rings (SSSR count). The fraction of sp³-hybridized carbons (Fsp3) is 0.0270. The average molecular weight is 516 g/mol. The quantitative estimate of drug-likeness (QED) is 0.233. The first kappa shape index (κ1) is 22.5. The van der Waals surface area contributed by atoms with Crippen LogP contribution in [0.2, 0.25) is 0 Å². The zero-order valence-electron chi connectivity index (χ0n) is 21.3. The first-order chi connectivity index (χ1) is 19.3. The van der Waals surface area contributed by atoms with E-state index in [0.717, 1.165) is 5.56 Å². The third-order valence-corrected chi connectivity index (χ3v) is 9.20. The third kappa shape index (κ3) is 3.50. The number of rotatable bonds is 3. The van der Waals surface area contributed by atoms with E-state index in [1.807, 2.05) is 11.3 Å². The van der Waals surface area contributed by atoms with Crippen molar-refractivity contribution in [3.8, 4) is 22.3 Å². The van der Waals surface area contributed by atoms with E-state index in [1.165, 1.54) is 74.7 Å². The largest absolute Gasteiger partial charge is 0.326 e. The van der Waals surface area contributed by atoms with Crippen molar-refractivity contribution in [2.75, 3.05) is 0 Å². The normalized spacial score (nSPS) is 11.8. The monoisotopic (exact) mass is 515 g/mol. The van der Waals surface area contributed by atoms with Crippen molar-refractivity contribution in [1.82, 2.24) is 0 Å². The van der Waals surface area contributed by atoms with Gasteiger partial charge in [-0.1, -0.05) is 97.1 Å². The van der Waals surface area contributed by atoms with Crippen molar-refractivity contribution in [2.24, 2.45) is 5.73 Å². The minimum atomic E-state index is 0.544. The van der Waals surface area contributed by atoms with Crippen molar-refractivity contribution in [3.63, 3.8) is 0 Å². The highest BCUT2D eigenvalue weighted by atomic mass is 32.1. The minimum Gasteiger partial charge on any atom is -0.326 e. The number of hydrogen-bond acceptors (Lipinski definition) is 2. The molecule has 1 heterocycles. The van der Waals surface area contributed by atoms with Crippen molar-refractivity contribution >= 4 is 63.8 Å². The molecule has 0 radical (unpaired) electrons. The van der Waals surface area contributed by atoms with Crippen molar-refractivity contribution in [2.45, 2.75) is 6.54 Å². The summed E-state index contributed by atoms with van der Waals surface area (Å²) in [5, 5.41) is 10.4. The molecule has 0 amide bonds. The summed E-state index contributed by atoms with van der Waals surface area (Å²) >= 11 is 1.87. The molecular formula is C37H25NS. The van der Waals surface area contributed by atoms with Crippen LogP contribution in [0.4, 0.5) is 0 Å². The Bertz CT molecular complexity index is 2220. The average Bonchev–Trinajstić information content (AvgIpc) is 3.38. The standard InChI is InChI=1S/C37H25NS/c38-22-23-7-5-8-24(19-23)25-15-17-32-33(20-25)29-10-2-1-9-28(29)31-13-6-12-27(37(31)32)26-16-18-36-34(21-26)30-11-3-4-14-35(30)39-36/h1-21H,22,38H2. The van der Waals surface area contributed by atoms with Crippen LogP contribution in [0.25, 0.3) is 74.7 Å². The van der Waals surface area contributed by atoms with Crippen LogP contribution in [0.1, 0.15) is 5.56 Å². The summed E-state index contributed by atoms with van der Waals surface area (Å²) in [5.41, 5.74) is 12.1. The predicted octanol–water partition coefficient (Wildman–Crippen LogP) is 10.3. The van der Waals surface area contributed by atoms with Crippen molar-refractivity contribution in [1.29, 1.82) is 0 Å². The topological polar surface area (TPSA) is 26.0 Å². The van der Waals surface area contributed by atoms with Crippen LogP contribution in [-0.4, -0.2) is 0 Å². The van der Waals surface area contributed by atoms with Crippen LogP contribution >= 0.6 is 11.3 Å². The lowest BCUT2D eigenvalue weighted by atomic mass is 9.88. The number of hydrogen-bond donors (Lipinski definition) is 1. The second-order valence-corrected chi connectivity index (χ2v) is 11.3. The molecule has 0 saturated carbocycles. The molecule has 0 unspecified atom stereocenters. The molecule has 39 heavy (non-hydrogen) atoms. The fourth-order valence-corrected chi connectivity index (χ4v) is 7.28. The van der Waals surface area contributed by atoms with Gasteiger partial charge in [-0.15, -0.1) is 11.3 Å². The minimum absolute atomic E-state index is 0.544. The molecule has 0 fully saturated rings. The SMILES string of the molecule is NCc1cccc(-c2ccc3c(c2)c2ccccc2c2cccc(-c4ccc5sc6ccccc6c5c4)c23)c1. The van der Waals surface area contributed by atoms with Crippen molar-refractivity contribution < 1.29 is 0 Å². The van der Waals surface area contributed by atoms with Gasteiger partial charge in [0.15, 0.2) is 0 Å². The van der Waals surface area contributed by atoms with Gasteiger partial charge in [-0.05, 0) is 90.5 Å². The summed E-state index contributed by atoms with van der Waals surface area (Å²) in [7, 11) is 0. The fourth-order valence-electron chi connectivity index (χ4n) is 6.20. The maximum atomic E-state index is 5.95. The number of benzene rings is 7. The van der Waals surface area contributed by atoms with Gasteiger partial charge in [0.05, 0.1) is 0 Å². The van der Waals surface area contributed by atoms with Gasteiger partial charge in [0.2, 0.25) is 0 Å². The van der Waals surface area contributed by atoms with Gasteiger partial charge in [-0.3, -0.25) is 0 Å². The lowest BCUT2D eigenvalue weighted by Gasteiger charge is -2.16. The molecule has 0 saturated heterocycles. The third-order valence-electron chi connectivity index (χ3n) is 8.04. The first-order valence-corrected chi connectivity index (χ1v) is 14.2. The molecule has 1 aromatic heterocycles. The summed E-state index contributed by atoms with van der Waals surface area (Å²) in [6, 6.07) is 46.8. The van der Waals surface area contributed by atoms with Crippen LogP contribution in [0.3, 0.4) is 0 Å². The Labute approximate surface area is 230 Å². The van der Waals surface area contributed by atoms with E-state index >= 15 is 0 Å². The van der Waals surface area contributed by atoms with Crippen LogP contribution in [0.15, 0.2) is 127 Å². The Balaban J connectivity index is 1.45. The molecule has 0 aliphatic carbocycles. The Kier molecular flexibility index (Phi) is 5.06. The van der Waals surface area contributed by atoms with Gasteiger partial charge in [0, 0.05) is 26.7 Å². The smallest absolute Gasteiger partial charge is 0.0355 e. The van der Waals surface area contributed by atoms with Crippen LogP contribution in [0.5, 0.6) is 0 Å². The zero-order valence-corrected chi connectivity index (χ0v) is 22.1. The van der Waals surface area contributed by atoms with Crippen molar-refractivity contribution in [3.05, 3.63) is 133 Å². The van der Waals surface area contributed by atoms with E-state index < -0.39 is 0 Å². The molecule has 1 nitrogen and oxygen atoms in total. The summed E-state index contributed by atoms with van der Waals surface area (Å²) < 4.78 is 2.67. The lowest BCUT2D eigenvalue weighted by molar-refractivity contribution is 1.07. The molecule has 2 N–H and O–H groups in total. The van der Waals surface area contributed by atoms with E-state index in [-0.39, 0.29) is 0 Å². The Hall–Kier alpha value is -4.50. The Morgan fingerprint density at radius 1 is 0.436 bits per heavy atom. The summed E-state index contributed by atoms with van der Waals surface area (Å²) in [4.78, 5) is 0. The van der Waals surface area contributed by atoms with Gasteiger partial charge in [0.25, 0.3) is 0 Å². The molecule has 0 aliphatic heterocycles. The van der Waals surface area contributed by atoms with Crippen LogP contribution < -0.4 is 5.73 Å². The van der Waals surface area contributed by atoms with Gasteiger partial charge in [-0.25, -0.2) is 0 Å². The molecule has 0 bridgehead atoms. The highest BCUT2D eigenvalue weighted by molar-refractivity contribution is 7.25. The molecule has 184 valence electrons. The van der Waals surface area contributed by atoms with Crippen LogP contribution in [0, 0.1) is 0 Å². The maximum absolute atomic E-state index is 5.95. The Morgan fingerprint density at radius 2 is 1.08 bits per heavy atom. The van der Waals surface area contributed by atoms with E-state index in [4.69, 9.17) is 5.73 Å². The van der Waals surface area contributed by atoms with E-state index in [2.05, 4.69) is 127 Å². The molecule has 0 atom stereocenters. The maximum Gasteiger partial charge on any atom is 0.0355 e.